The fourth-order valence-electron chi connectivity index (χ4n) is 2.92. The molecule has 1 aromatic rings. The Kier molecular flexibility index (Phi) is 3.63. The van der Waals surface area contributed by atoms with Crippen LogP contribution in [0.2, 0.25) is 0 Å². The third-order valence-electron chi connectivity index (χ3n) is 4.09. The molecule has 2 aliphatic rings. The Hall–Kier alpha value is -1.95. The Bertz CT molecular complexity index is 561. The maximum Gasteiger partial charge on any atom is 0.249 e. The van der Waals surface area contributed by atoms with E-state index in [2.05, 4.69) is 0 Å². The van der Waals surface area contributed by atoms with E-state index in [0.717, 1.165) is 5.56 Å². The smallest absolute Gasteiger partial charge is 0.249 e. The molecule has 2 atom stereocenters. The maximum atomic E-state index is 13.0. The highest BCUT2D eigenvalue weighted by Crippen LogP contribution is 2.25. The molecule has 112 valence electrons. The topological polar surface area (TPSA) is 49.9 Å². The number of carbonyl (C=O) groups excluding carboxylic acids is 2. The molecule has 2 amide bonds. The van der Waals surface area contributed by atoms with Gasteiger partial charge < -0.3 is 14.5 Å². The van der Waals surface area contributed by atoms with Gasteiger partial charge in [-0.3, -0.25) is 9.59 Å². The van der Waals surface area contributed by atoms with Gasteiger partial charge >= 0.3 is 0 Å². The molecule has 0 aliphatic carbocycles. The van der Waals surface area contributed by atoms with Crippen molar-refractivity contribution in [3.8, 4) is 0 Å². The SMILES string of the molecule is CC(=O)N1CC2OCC(=O)N(Cc3ccc(F)cc3)C2C1. The van der Waals surface area contributed by atoms with Crippen LogP contribution < -0.4 is 0 Å². The third kappa shape index (κ3) is 2.76. The predicted octanol–water partition coefficient (Wildman–Crippen LogP) is 0.784. The summed E-state index contributed by atoms with van der Waals surface area (Å²) >= 11 is 0. The van der Waals surface area contributed by atoms with Crippen molar-refractivity contribution in [1.29, 1.82) is 0 Å². The van der Waals surface area contributed by atoms with E-state index in [4.69, 9.17) is 4.74 Å². The molecule has 0 aromatic heterocycles. The van der Waals surface area contributed by atoms with Crippen molar-refractivity contribution in [2.75, 3.05) is 19.7 Å². The Morgan fingerprint density at radius 1 is 1.33 bits per heavy atom. The van der Waals surface area contributed by atoms with E-state index in [1.165, 1.54) is 19.1 Å². The molecule has 2 aliphatic heterocycles. The number of fused-ring (bicyclic) bond motifs is 1. The van der Waals surface area contributed by atoms with Crippen molar-refractivity contribution in [2.45, 2.75) is 25.6 Å². The van der Waals surface area contributed by atoms with Crippen LogP contribution in [0.15, 0.2) is 24.3 Å². The zero-order valence-corrected chi connectivity index (χ0v) is 11.8. The highest BCUT2D eigenvalue weighted by molar-refractivity contribution is 5.79. The van der Waals surface area contributed by atoms with Gasteiger partial charge in [0.25, 0.3) is 0 Å². The third-order valence-corrected chi connectivity index (χ3v) is 4.09. The number of likely N-dealkylation sites (tertiary alicyclic amines) is 1. The summed E-state index contributed by atoms with van der Waals surface area (Å²) < 4.78 is 18.5. The molecule has 5 nitrogen and oxygen atoms in total. The Balaban J connectivity index is 1.77. The molecule has 0 radical (unpaired) electrons. The molecule has 6 heteroatoms. The van der Waals surface area contributed by atoms with Crippen LogP contribution in [-0.2, 0) is 20.9 Å². The first-order valence-corrected chi connectivity index (χ1v) is 6.95. The van der Waals surface area contributed by atoms with Crippen LogP contribution >= 0.6 is 0 Å². The number of rotatable bonds is 2. The quantitative estimate of drug-likeness (QED) is 0.809. The van der Waals surface area contributed by atoms with Crippen LogP contribution in [0, 0.1) is 5.82 Å². The van der Waals surface area contributed by atoms with Gasteiger partial charge in [-0.05, 0) is 17.7 Å². The second-order valence-corrected chi connectivity index (χ2v) is 5.49. The van der Waals surface area contributed by atoms with Crippen molar-refractivity contribution in [1.82, 2.24) is 9.80 Å². The largest absolute Gasteiger partial charge is 0.364 e. The van der Waals surface area contributed by atoms with Crippen molar-refractivity contribution in [2.24, 2.45) is 0 Å². The van der Waals surface area contributed by atoms with Crippen LogP contribution in [0.4, 0.5) is 4.39 Å². The van der Waals surface area contributed by atoms with E-state index in [0.29, 0.717) is 19.6 Å². The Morgan fingerprint density at radius 3 is 2.71 bits per heavy atom. The molecule has 0 spiro atoms. The Morgan fingerprint density at radius 2 is 2.05 bits per heavy atom. The average molecular weight is 292 g/mol. The van der Waals surface area contributed by atoms with Gasteiger partial charge in [0.05, 0.1) is 12.1 Å². The van der Waals surface area contributed by atoms with Gasteiger partial charge in [0.1, 0.15) is 12.4 Å². The first-order valence-electron chi connectivity index (χ1n) is 6.95. The van der Waals surface area contributed by atoms with Crippen LogP contribution in [0.25, 0.3) is 0 Å². The van der Waals surface area contributed by atoms with E-state index in [-0.39, 0.29) is 36.4 Å². The normalized spacial score (nSPS) is 25.1. The number of hydrogen-bond donors (Lipinski definition) is 0. The highest BCUT2D eigenvalue weighted by atomic mass is 19.1. The lowest BCUT2D eigenvalue weighted by Crippen LogP contribution is -2.53. The number of halogens is 1. The second kappa shape index (κ2) is 5.44. The minimum absolute atomic E-state index is 0.0119. The highest BCUT2D eigenvalue weighted by Gasteiger charge is 2.43. The second-order valence-electron chi connectivity index (χ2n) is 5.49. The summed E-state index contributed by atoms with van der Waals surface area (Å²) in [5.41, 5.74) is 0.867. The summed E-state index contributed by atoms with van der Waals surface area (Å²) in [6.45, 7) is 2.98. The van der Waals surface area contributed by atoms with Crippen LogP contribution in [-0.4, -0.2) is 53.5 Å². The van der Waals surface area contributed by atoms with Gasteiger partial charge in [0.15, 0.2) is 0 Å². The standard InChI is InChI=1S/C15H17FN2O3/c1-10(19)17-7-13-14(8-17)21-9-15(20)18(13)6-11-2-4-12(16)5-3-11/h2-5,13-14H,6-9H2,1H3. The van der Waals surface area contributed by atoms with Gasteiger partial charge in [0, 0.05) is 26.6 Å². The lowest BCUT2D eigenvalue weighted by atomic mass is 10.1. The molecule has 2 saturated heterocycles. The lowest BCUT2D eigenvalue weighted by Gasteiger charge is -2.36. The molecular formula is C15H17FN2O3. The van der Waals surface area contributed by atoms with E-state index < -0.39 is 0 Å². The fourth-order valence-corrected chi connectivity index (χ4v) is 2.92. The van der Waals surface area contributed by atoms with Crippen molar-refractivity contribution >= 4 is 11.8 Å². The molecule has 1 aromatic carbocycles. The molecule has 2 unspecified atom stereocenters. The van der Waals surface area contributed by atoms with E-state index in [1.807, 2.05) is 0 Å². The summed E-state index contributed by atoms with van der Waals surface area (Å²) in [5.74, 6) is -0.401. The van der Waals surface area contributed by atoms with Crippen LogP contribution in [0.3, 0.4) is 0 Å². The zero-order valence-electron chi connectivity index (χ0n) is 11.8. The minimum atomic E-state index is -0.298. The van der Waals surface area contributed by atoms with Gasteiger partial charge in [-0.25, -0.2) is 4.39 Å². The van der Waals surface area contributed by atoms with Crippen LogP contribution in [0.5, 0.6) is 0 Å². The fraction of sp³-hybridized carbons (Fsp3) is 0.467. The molecule has 3 rings (SSSR count). The van der Waals surface area contributed by atoms with E-state index in [1.54, 1.807) is 21.9 Å². The summed E-state index contributed by atoms with van der Waals surface area (Å²) in [4.78, 5) is 27.0. The van der Waals surface area contributed by atoms with Gasteiger partial charge in [0.2, 0.25) is 11.8 Å². The number of morpholine rings is 1. The number of carbonyl (C=O) groups is 2. The molecule has 0 N–H and O–H groups in total. The molecule has 2 heterocycles. The first kappa shape index (κ1) is 14.0. The average Bonchev–Trinajstić information content (AvgIpc) is 2.89. The van der Waals surface area contributed by atoms with Gasteiger partial charge in [-0.1, -0.05) is 12.1 Å². The van der Waals surface area contributed by atoms with Crippen molar-refractivity contribution < 1.29 is 18.7 Å². The summed E-state index contributed by atoms with van der Waals surface area (Å²) in [6, 6.07) is 5.98. The van der Waals surface area contributed by atoms with Crippen LogP contribution in [0.1, 0.15) is 12.5 Å². The van der Waals surface area contributed by atoms with E-state index >= 15 is 0 Å². The minimum Gasteiger partial charge on any atom is -0.364 e. The molecule has 21 heavy (non-hydrogen) atoms. The van der Waals surface area contributed by atoms with Crippen molar-refractivity contribution in [3.63, 3.8) is 0 Å². The number of benzene rings is 1. The van der Waals surface area contributed by atoms with Gasteiger partial charge in [-0.2, -0.15) is 0 Å². The molecule has 0 saturated carbocycles. The number of hydrogen-bond acceptors (Lipinski definition) is 3. The van der Waals surface area contributed by atoms with E-state index in [9.17, 15) is 14.0 Å². The zero-order chi connectivity index (χ0) is 15.0. The summed E-state index contributed by atoms with van der Waals surface area (Å²) in [7, 11) is 0. The number of nitrogens with zero attached hydrogens (tertiary/aromatic N) is 2. The summed E-state index contributed by atoms with van der Waals surface area (Å²) in [5, 5.41) is 0. The molecular weight excluding hydrogens is 275 g/mol. The molecule has 0 bridgehead atoms. The lowest BCUT2D eigenvalue weighted by molar-refractivity contribution is -0.153. The maximum absolute atomic E-state index is 13.0. The number of ether oxygens (including phenoxy) is 1. The Labute approximate surface area is 122 Å². The monoisotopic (exact) mass is 292 g/mol. The predicted molar refractivity (Wildman–Crippen MR) is 72.7 cm³/mol. The number of amides is 2. The van der Waals surface area contributed by atoms with Gasteiger partial charge in [-0.15, -0.1) is 0 Å². The van der Waals surface area contributed by atoms with Crippen molar-refractivity contribution in [3.05, 3.63) is 35.6 Å². The molecule has 2 fully saturated rings. The first-order chi connectivity index (χ1) is 10.0. The summed E-state index contributed by atoms with van der Waals surface area (Å²) in [6.07, 6.45) is -0.132.